The standard InChI is InChI=1S/C28H41NO2/c1-2-3-4-5-6-7-8-9-10-11-12-14-20-26(28(30)31)24-25-19-15-16-21-27(25)29-22-17-13-18-23-29/h13,15-19,21-23,26H,2-12,14,20,24H2,1H3/p+1. The van der Waals surface area contributed by atoms with Crippen molar-refractivity contribution < 1.29 is 14.5 Å². The molecule has 0 aliphatic heterocycles. The zero-order valence-corrected chi connectivity index (χ0v) is 19.5. The molecular formula is C28H42NO2+. The van der Waals surface area contributed by atoms with Gasteiger partial charge in [0.1, 0.15) is 0 Å². The Morgan fingerprint density at radius 3 is 1.90 bits per heavy atom. The summed E-state index contributed by atoms with van der Waals surface area (Å²) in [6.45, 7) is 2.27. The Morgan fingerprint density at radius 1 is 0.774 bits per heavy atom. The van der Waals surface area contributed by atoms with E-state index in [9.17, 15) is 9.90 Å². The highest BCUT2D eigenvalue weighted by molar-refractivity contribution is 5.70. The van der Waals surface area contributed by atoms with Crippen molar-refractivity contribution in [3.63, 3.8) is 0 Å². The molecule has 0 radical (unpaired) electrons. The molecule has 0 spiro atoms. The molecule has 0 aliphatic rings. The van der Waals surface area contributed by atoms with Crippen LogP contribution in [-0.4, -0.2) is 11.1 Å². The fourth-order valence-electron chi connectivity index (χ4n) is 4.30. The van der Waals surface area contributed by atoms with E-state index in [1.165, 1.54) is 64.2 Å². The quantitative estimate of drug-likeness (QED) is 0.214. The predicted octanol–water partition coefficient (Wildman–Crippen LogP) is 7.30. The maximum atomic E-state index is 11.9. The largest absolute Gasteiger partial charge is 0.481 e. The minimum atomic E-state index is -0.670. The number of nitrogens with zero attached hydrogens (tertiary/aromatic N) is 1. The zero-order chi connectivity index (χ0) is 22.2. The summed E-state index contributed by atoms with van der Waals surface area (Å²) < 4.78 is 2.07. The minimum Gasteiger partial charge on any atom is -0.481 e. The molecule has 0 fully saturated rings. The van der Waals surface area contributed by atoms with Gasteiger partial charge in [-0.05, 0) is 12.8 Å². The van der Waals surface area contributed by atoms with E-state index < -0.39 is 5.97 Å². The fourth-order valence-corrected chi connectivity index (χ4v) is 4.30. The average molecular weight is 425 g/mol. The summed E-state index contributed by atoms with van der Waals surface area (Å²) in [4.78, 5) is 11.9. The molecule has 1 heterocycles. The SMILES string of the molecule is CCCCCCCCCCCCCCC(Cc1ccccc1-[n+]1ccccc1)C(=O)O. The molecule has 1 atom stereocenters. The summed E-state index contributed by atoms with van der Waals surface area (Å²) in [5, 5.41) is 9.77. The van der Waals surface area contributed by atoms with E-state index in [4.69, 9.17) is 0 Å². The Balaban J connectivity index is 1.67. The zero-order valence-electron chi connectivity index (χ0n) is 19.5. The molecule has 2 rings (SSSR count). The molecule has 1 aromatic heterocycles. The first-order valence-electron chi connectivity index (χ1n) is 12.5. The van der Waals surface area contributed by atoms with Crippen LogP contribution in [0.25, 0.3) is 5.69 Å². The van der Waals surface area contributed by atoms with Crippen LogP contribution in [-0.2, 0) is 11.2 Å². The Labute approximate surface area is 189 Å². The van der Waals surface area contributed by atoms with Gasteiger partial charge in [-0.15, -0.1) is 0 Å². The van der Waals surface area contributed by atoms with E-state index in [0.717, 1.165) is 30.5 Å². The van der Waals surface area contributed by atoms with Crippen LogP contribution in [0.3, 0.4) is 0 Å². The fraction of sp³-hybridized carbons (Fsp3) is 0.571. The number of rotatable bonds is 17. The van der Waals surface area contributed by atoms with Gasteiger partial charge in [-0.1, -0.05) is 108 Å². The third-order valence-corrected chi connectivity index (χ3v) is 6.21. The van der Waals surface area contributed by atoms with Crippen molar-refractivity contribution in [2.45, 2.75) is 96.8 Å². The highest BCUT2D eigenvalue weighted by Crippen LogP contribution is 2.20. The van der Waals surface area contributed by atoms with E-state index in [1.807, 2.05) is 42.7 Å². The molecule has 3 heteroatoms. The molecular weight excluding hydrogens is 382 g/mol. The molecule has 0 bridgehead atoms. The second kappa shape index (κ2) is 15.6. The molecule has 170 valence electrons. The normalized spacial score (nSPS) is 12.0. The van der Waals surface area contributed by atoms with E-state index >= 15 is 0 Å². The first-order valence-corrected chi connectivity index (χ1v) is 12.5. The van der Waals surface area contributed by atoms with Gasteiger partial charge in [0.25, 0.3) is 0 Å². The Kier molecular flexibility index (Phi) is 12.6. The van der Waals surface area contributed by atoms with Crippen molar-refractivity contribution in [3.05, 3.63) is 60.4 Å². The number of carbonyl (C=O) groups is 1. The van der Waals surface area contributed by atoms with Crippen LogP contribution in [0, 0.1) is 5.92 Å². The third kappa shape index (κ3) is 10.1. The second-order valence-electron chi connectivity index (χ2n) is 8.83. The Hall–Kier alpha value is -2.16. The summed E-state index contributed by atoms with van der Waals surface area (Å²) in [6, 6.07) is 14.1. The van der Waals surface area contributed by atoms with Gasteiger partial charge in [0.05, 0.1) is 5.92 Å². The number of para-hydroxylation sites is 1. The van der Waals surface area contributed by atoms with Gasteiger partial charge in [-0.3, -0.25) is 4.79 Å². The maximum Gasteiger partial charge on any atom is 0.306 e. The average Bonchev–Trinajstić information content (AvgIpc) is 2.79. The van der Waals surface area contributed by atoms with Crippen LogP contribution in [0.5, 0.6) is 0 Å². The number of hydrogen-bond donors (Lipinski definition) is 1. The molecule has 1 unspecified atom stereocenters. The van der Waals surface area contributed by atoms with Crippen LogP contribution in [0.15, 0.2) is 54.9 Å². The Bertz CT molecular complexity index is 729. The predicted molar refractivity (Wildman–Crippen MR) is 128 cm³/mol. The lowest BCUT2D eigenvalue weighted by Crippen LogP contribution is -2.31. The van der Waals surface area contributed by atoms with Crippen molar-refractivity contribution in [2.75, 3.05) is 0 Å². The van der Waals surface area contributed by atoms with Gasteiger partial charge >= 0.3 is 5.97 Å². The van der Waals surface area contributed by atoms with Crippen LogP contribution >= 0.6 is 0 Å². The lowest BCUT2D eigenvalue weighted by atomic mass is 9.92. The van der Waals surface area contributed by atoms with E-state index in [-0.39, 0.29) is 5.92 Å². The van der Waals surface area contributed by atoms with Crippen molar-refractivity contribution in [1.29, 1.82) is 0 Å². The van der Waals surface area contributed by atoms with Crippen LogP contribution in [0.2, 0.25) is 0 Å². The van der Waals surface area contributed by atoms with Crippen LogP contribution in [0.4, 0.5) is 0 Å². The number of hydrogen-bond acceptors (Lipinski definition) is 1. The number of pyridine rings is 1. The van der Waals surface area contributed by atoms with Gasteiger partial charge in [0.15, 0.2) is 12.4 Å². The second-order valence-corrected chi connectivity index (χ2v) is 8.83. The smallest absolute Gasteiger partial charge is 0.306 e. The number of carboxylic acid groups (broad SMARTS) is 1. The van der Waals surface area contributed by atoms with Crippen molar-refractivity contribution in [2.24, 2.45) is 5.92 Å². The monoisotopic (exact) mass is 424 g/mol. The number of aromatic nitrogens is 1. The topological polar surface area (TPSA) is 41.2 Å². The highest BCUT2D eigenvalue weighted by atomic mass is 16.4. The molecule has 0 saturated carbocycles. The molecule has 1 aromatic carbocycles. The van der Waals surface area contributed by atoms with Gasteiger partial charge in [0.2, 0.25) is 5.69 Å². The highest BCUT2D eigenvalue weighted by Gasteiger charge is 2.21. The first-order chi connectivity index (χ1) is 15.2. The number of carboxylic acids is 1. The molecule has 31 heavy (non-hydrogen) atoms. The first kappa shape index (κ1) is 25.1. The summed E-state index contributed by atoms with van der Waals surface area (Å²) in [7, 11) is 0. The lowest BCUT2D eigenvalue weighted by molar-refractivity contribution is -0.596. The molecule has 2 aromatic rings. The molecule has 0 amide bonds. The van der Waals surface area contributed by atoms with Gasteiger partial charge < -0.3 is 5.11 Å². The van der Waals surface area contributed by atoms with E-state index in [1.54, 1.807) is 0 Å². The van der Waals surface area contributed by atoms with Crippen molar-refractivity contribution >= 4 is 5.97 Å². The summed E-state index contributed by atoms with van der Waals surface area (Å²) in [5.41, 5.74) is 2.18. The molecule has 0 aliphatic carbocycles. The molecule has 3 nitrogen and oxygen atoms in total. The molecule has 1 N–H and O–H groups in total. The summed E-state index contributed by atoms with van der Waals surface area (Å²) in [6.07, 6.45) is 21.0. The number of unbranched alkanes of at least 4 members (excludes halogenated alkanes) is 11. The van der Waals surface area contributed by atoms with Gasteiger partial charge in [0, 0.05) is 23.8 Å². The third-order valence-electron chi connectivity index (χ3n) is 6.21. The number of aliphatic carboxylic acids is 1. The van der Waals surface area contributed by atoms with E-state index in [0.29, 0.717) is 6.42 Å². The summed E-state index contributed by atoms with van der Waals surface area (Å²) >= 11 is 0. The lowest BCUT2D eigenvalue weighted by Gasteiger charge is -2.13. The van der Waals surface area contributed by atoms with Crippen LogP contribution in [0.1, 0.15) is 96.0 Å². The number of benzene rings is 1. The Morgan fingerprint density at radius 2 is 1.32 bits per heavy atom. The minimum absolute atomic E-state index is 0.311. The van der Waals surface area contributed by atoms with Crippen molar-refractivity contribution in [1.82, 2.24) is 0 Å². The van der Waals surface area contributed by atoms with Gasteiger partial charge in [-0.25, -0.2) is 0 Å². The summed E-state index contributed by atoms with van der Waals surface area (Å²) in [5.74, 6) is -0.982. The molecule has 0 saturated heterocycles. The maximum absolute atomic E-state index is 11.9. The van der Waals surface area contributed by atoms with Gasteiger partial charge in [-0.2, -0.15) is 4.57 Å². The van der Waals surface area contributed by atoms with Crippen LogP contribution < -0.4 is 4.57 Å². The van der Waals surface area contributed by atoms with E-state index in [2.05, 4.69) is 23.6 Å². The van der Waals surface area contributed by atoms with Crippen molar-refractivity contribution in [3.8, 4) is 5.69 Å².